The number of thioether (sulfide) groups is 1. The molecule has 0 fully saturated rings. The minimum Gasteiger partial charge on any atom is -0.361 e. The predicted octanol–water partition coefficient (Wildman–Crippen LogP) is 5.14. The van der Waals surface area contributed by atoms with Crippen molar-refractivity contribution in [3.05, 3.63) is 95.7 Å². The minimum absolute atomic E-state index is 0.243. The van der Waals surface area contributed by atoms with Crippen LogP contribution in [0.3, 0.4) is 0 Å². The number of rotatable bonds is 9. The molecule has 0 bridgehead atoms. The average Bonchev–Trinajstić information content (AvgIpc) is 3.55. The monoisotopic (exact) mass is 446 g/mol. The molecule has 0 saturated carbocycles. The molecule has 8 heteroatoms. The van der Waals surface area contributed by atoms with Crippen LogP contribution in [0.2, 0.25) is 0 Å². The lowest BCUT2D eigenvalue weighted by atomic mass is 10.1. The number of fused-ring (bicyclic) bond motifs is 1. The summed E-state index contributed by atoms with van der Waals surface area (Å²) in [6.45, 7) is 0.815. The van der Waals surface area contributed by atoms with Crippen molar-refractivity contribution in [1.82, 2.24) is 29.7 Å². The van der Waals surface area contributed by atoms with Crippen LogP contribution in [0.1, 0.15) is 29.1 Å². The molecule has 32 heavy (non-hydrogen) atoms. The standard InChI is InChI=1S/C24H23FN6S/c25-19-8-9-21-18(13-27-22(21)12-19)11-23-29-30-24(32-15-17-5-2-1-3-6-17)31(23)10-4-7-20-14-26-16-28-20/h1-3,5-6,8-9,12-14,16,27H,4,7,10-11,15H2,(H,26,28). The van der Waals surface area contributed by atoms with Gasteiger partial charge < -0.3 is 14.5 Å². The van der Waals surface area contributed by atoms with Gasteiger partial charge in [-0.2, -0.15) is 0 Å². The number of aryl methyl sites for hydroxylation is 1. The van der Waals surface area contributed by atoms with Crippen molar-refractivity contribution >= 4 is 22.7 Å². The van der Waals surface area contributed by atoms with Crippen LogP contribution in [0.25, 0.3) is 10.9 Å². The van der Waals surface area contributed by atoms with Crippen LogP contribution in [-0.2, 0) is 25.1 Å². The lowest BCUT2D eigenvalue weighted by Crippen LogP contribution is -2.07. The molecule has 3 aromatic heterocycles. The summed E-state index contributed by atoms with van der Waals surface area (Å²) in [5.41, 5.74) is 4.26. The number of benzene rings is 2. The molecule has 0 aliphatic carbocycles. The Kier molecular flexibility index (Phi) is 6.02. The molecular weight excluding hydrogens is 423 g/mol. The van der Waals surface area contributed by atoms with Gasteiger partial charge in [0.1, 0.15) is 11.6 Å². The number of halogens is 1. The zero-order valence-corrected chi connectivity index (χ0v) is 18.3. The molecule has 0 aliphatic rings. The topological polar surface area (TPSA) is 75.2 Å². The number of imidazole rings is 1. The molecule has 3 heterocycles. The molecule has 0 radical (unpaired) electrons. The second-order valence-corrected chi connectivity index (χ2v) is 8.63. The highest BCUT2D eigenvalue weighted by molar-refractivity contribution is 7.98. The lowest BCUT2D eigenvalue weighted by Gasteiger charge is -2.10. The molecule has 5 rings (SSSR count). The van der Waals surface area contributed by atoms with E-state index in [1.807, 2.05) is 24.5 Å². The Balaban J connectivity index is 1.37. The Bertz CT molecular complexity index is 1290. The first-order valence-electron chi connectivity index (χ1n) is 10.6. The molecule has 0 unspecified atom stereocenters. The largest absolute Gasteiger partial charge is 0.361 e. The van der Waals surface area contributed by atoms with Gasteiger partial charge in [-0.05, 0) is 42.2 Å². The van der Waals surface area contributed by atoms with Gasteiger partial charge in [-0.25, -0.2) is 9.37 Å². The summed E-state index contributed by atoms with van der Waals surface area (Å²) in [5.74, 6) is 1.51. The molecule has 0 amide bonds. The third-order valence-electron chi connectivity index (χ3n) is 5.46. The number of H-pyrrole nitrogens is 2. The molecule has 0 aliphatic heterocycles. The maximum Gasteiger partial charge on any atom is 0.191 e. The summed E-state index contributed by atoms with van der Waals surface area (Å²) in [4.78, 5) is 10.4. The quantitative estimate of drug-likeness (QED) is 0.308. The minimum atomic E-state index is -0.243. The van der Waals surface area contributed by atoms with E-state index >= 15 is 0 Å². The first kappa shape index (κ1) is 20.5. The van der Waals surface area contributed by atoms with Crippen LogP contribution in [0.5, 0.6) is 0 Å². The Morgan fingerprint density at radius 3 is 2.78 bits per heavy atom. The second kappa shape index (κ2) is 9.40. The Hall–Kier alpha value is -3.39. The summed E-state index contributed by atoms with van der Waals surface area (Å²) >= 11 is 1.70. The van der Waals surface area contributed by atoms with Gasteiger partial charge in [0.25, 0.3) is 0 Å². The van der Waals surface area contributed by atoms with Crippen molar-refractivity contribution in [2.75, 3.05) is 0 Å². The van der Waals surface area contributed by atoms with E-state index in [4.69, 9.17) is 0 Å². The van der Waals surface area contributed by atoms with Crippen molar-refractivity contribution in [1.29, 1.82) is 0 Å². The van der Waals surface area contributed by atoms with Gasteiger partial charge >= 0.3 is 0 Å². The molecule has 2 N–H and O–H groups in total. The Labute approximate surface area is 189 Å². The molecular formula is C24H23FN6S. The number of hydrogen-bond donors (Lipinski definition) is 2. The van der Waals surface area contributed by atoms with Gasteiger partial charge in [0.2, 0.25) is 0 Å². The maximum absolute atomic E-state index is 13.6. The third kappa shape index (κ3) is 4.60. The average molecular weight is 447 g/mol. The molecule has 0 saturated heterocycles. The first-order chi connectivity index (χ1) is 15.8. The van der Waals surface area contributed by atoms with Crippen LogP contribution in [-0.4, -0.2) is 29.7 Å². The highest BCUT2D eigenvalue weighted by Crippen LogP contribution is 2.26. The van der Waals surface area contributed by atoms with Crippen molar-refractivity contribution in [3.8, 4) is 0 Å². The predicted molar refractivity (Wildman–Crippen MR) is 124 cm³/mol. The van der Waals surface area contributed by atoms with Crippen molar-refractivity contribution in [2.45, 2.75) is 36.7 Å². The summed E-state index contributed by atoms with van der Waals surface area (Å²) in [6.07, 6.45) is 8.00. The summed E-state index contributed by atoms with van der Waals surface area (Å²) < 4.78 is 15.8. The third-order valence-corrected chi connectivity index (χ3v) is 6.50. The van der Waals surface area contributed by atoms with Gasteiger partial charge in [-0.15, -0.1) is 10.2 Å². The van der Waals surface area contributed by atoms with E-state index in [9.17, 15) is 4.39 Å². The molecule has 5 aromatic rings. The molecule has 2 aromatic carbocycles. The van der Waals surface area contributed by atoms with Crippen molar-refractivity contribution < 1.29 is 4.39 Å². The van der Waals surface area contributed by atoms with Crippen molar-refractivity contribution in [3.63, 3.8) is 0 Å². The van der Waals surface area contributed by atoms with E-state index in [1.165, 1.54) is 17.7 Å². The fourth-order valence-corrected chi connectivity index (χ4v) is 4.77. The summed E-state index contributed by atoms with van der Waals surface area (Å²) in [5, 5.41) is 11.0. The maximum atomic E-state index is 13.6. The normalized spacial score (nSPS) is 11.4. The van der Waals surface area contributed by atoms with Crippen LogP contribution in [0.15, 0.2) is 72.4 Å². The molecule has 0 spiro atoms. The zero-order valence-electron chi connectivity index (χ0n) is 17.5. The number of hydrogen-bond acceptors (Lipinski definition) is 4. The van der Waals surface area contributed by atoms with Gasteiger partial charge in [-0.3, -0.25) is 0 Å². The van der Waals surface area contributed by atoms with Gasteiger partial charge in [0, 0.05) is 47.7 Å². The van der Waals surface area contributed by atoms with E-state index in [-0.39, 0.29) is 5.82 Å². The second-order valence-electron chi connectivity index (χ2n) is 7.69. The van der Waals surface area contributed by atoms with E-state index < -0.39 is 0 Å². The molecule has 162 valence electrons. The summed E-state index contributed by atoms with van der Waals surface area (Å²) in [7, 11) is 0. The number of nitrogens with zero attached hydrogens (tertiary/aromatic N) is 4. The van der Waals surface area contributed by atoms with E-state index in [1.54, 1.807) is 18.1 Å². The smallest absolute Gasteiger partial charge is 0.191 e. The Morgan fingerprint density at radius 2 is 1.94 bits per heavy atom. The van der Waals surface area contributed by atoms with Crippen LogP contribution >= 0.6 is 11.8 Å². The fraction of sp³-hybridized carbons (Fsp3) is 0.208. The summed E-state index contributed by atoms with van der Waals surface area (Å²) in [6, 6.07) is 15.2. The first-order valence-corrected chi connectivity index (χ1v) is 11.6. The van der Waals surface area contributed by atoms with Crippen LogP contribution < -0.4 is 0 Å². The van der Waals surface area contributed by atoms with Gasteiger partial charge in [0.15, 0.2) is 5.16 Å². The van der Waals surface area contributed by atoms with Gasteiger partial charge in [0.05, 0.1) is 6.33 Å². The molecule has 6 nitrogen and oxygen atoms in total. The number of nitrogens with one attached hydrogen (secondary N) is 2. The van der Waals surface area contributed by atoms with Gasteiger partial charge in [-0.1, -0.05) is 42.1 Å². The fourth-order valence-electron chi connectivity index (χ4n) is 3.83. The van der Waals surface area contributed by atoms with E-state index in [0.29, 0.717) is 6.42 Å². The molecule has 0 atom stereocenters. The number of aromatic nitrogens is 6. The highest BCUT2D eigenvalue weighted by Gasteiger charge is 2.15. The highest BCUT2D eigenvalue weighted by atomic mass is 32.2. The lowest BCUT2D eigenvalue weighted by molar-refractivity contribution is 0.572. The van der Waals surface area contributed by atoms with Crippen LogP contribution in [0.4, 0.5) is 4.39 Å². The van der Waals surface area contributed by atoms with Crippen molar-refractivity contribution in [2.24, 2.45) is 0 Å². The number of aromatic amines is 2. The Morgan fingerprint density at radius 1 is 1.03 bits per heavy atom. The van der Waals surface area contributed by atoms with Crippen LogP contribution in [0, 0.1) is 5.82 Å². The SMILES string of the molecule is Fc1ccc2c(Cc3nnc(SCc4ccccc4)n3CCCc3cnc[nH]3)c[nH]c2c1. The zero-order chi connectivity index (χ0) is 21.8. The van der Waals surface area contributed by atoms with E-state index in [0.717, 1.165) is 58.3 Å². The van der Waals surface area contributed by atoms with E-state index in [2.05, 4.69) is 54.0 Å².